The standard InChI is InChI=1S/C17H12N2OS/c20-17-9-13-8-11(3-4-14(13)19-17)15-5-6-16(21-15)12-2-1-7-18-10-12/h1-8,10H,9H2,(H,19,20). The number of nitrogens with one attached hydrogen (secondary N) is 1. The molecule has 0 bridgehead atoms. The number of anilines is 1. The zero-order valence-corrected chi connectivity index (χ0v) is 12.0. The lowest BCUT2D eigenvalue weighted by molar-refractivity contribution is -0.115. The van der Waals surface area contributed by atoms with Crippen LogP contribution in [0.4, 0.5) is 5.69 Å². The summed E-state index contributed by atoms with van der Waals surface area (Å²) >= 11 is 1.74. The van der Waals surface area contributed by atoms with E-state index in [1.165, 1.54) is 9.75 Å². The number of aromatic nitrogens is 1. The van der Waals surface area contributed by atoms with Crippen LogP contribution in [-0.2, 0) is 11.2 Å². The molecule has 1 aromatic carbocycles. The van der Waals surface area contributed by atoms with Crippen LogP contribution >= 0.6 is 11.3 Å². The first-order valence-electron chi connectivity index (χ1n) is 6.73. The number of thiophene rings is 1. The summed E-state index contributed by atoms with van der Waals surface area (Å²) in [5.74, 6) is 0.0735. The zero-order valence-electron chi connectivity index (χ0n) is 11.2. The summed E-state index contributed by atoms with van der Waals surface area (Å²) in [6.07, 6.45) is 4.13. The van der Waals surface area contributed by atoms with Crippen LogP contribution in [0.3, 0.4) is 0 Å². The van der Waals surface area contributed by atoms with E-state index in [4.69, 9.17) is 0 Å². The van der Waals surface area contributed by atoms with Gasteiger partial charge in [0.25, 0.3) is 0 Å². The number of rotatable bonds is 2. The Kier molecular flexibility index (Phi) is 2.82. The van der Waals surface area contributed by atoms with Crippen LogP contribution in [0.2, 0.25) is 0 Å². The van der Waals surface area contributed by atoms with Gasteiger partial charge >= 0.3 is 0 Å². The molecule has 0 aliphatic carbocycles. The van der Waals surface area contributed by atoms with E-state index in [9.17, 15) is 4.79 Å². The quantitative estimate of drug-likeness (QED) is 0.776. The van der Waals surface area contributed by atoms with Gasteiger partial charge in [-0.3, -0.25) is 9.78 Å². The maximum atomic E-state index is 11.4. The monoisotopic (exact) mass is 292 g/mol. The first kappa shape index (κ1) is 12.3. The highest BCUT2D eigenvalue weighted by atomic mass is 32.1. The first-order valence-corrected chi connectivity index (χ1v) is 7.55. The lowest BCUT2D eigenvalue weighted by atomic mass is 10.1. The molecule has 21 heavy (non-hydrogen) atoms. The van der Waals surface area contributed by atoms with E-state index in [1.807, 2.05) is 18.3 Å². The van der Waals surface area contributed by atoms with Crippen LogP contribution in [0.1, 0.15) is 5.56 Å². The molecule has 102 valence electrons. The molecule has 4 rings (SSSR count). The number of benzene rings is 1. The summed E-state index contributed by atoms with van der Waals surface area (Å²) in [5.41, 5.74) is 4.30. The van der Waals surface area contributed by atoms with E-state index < -0.39 is 0 Å². The fourth-order valence-corrected chi connectivity index (χ4v) is 3.53. The Morgan fingerprint density at radius 2 is 1.90 bits per heavy atom. The van der Waals surface area contributed by atoms with Gasteiger partial charge in [-0.1, -0.05) is 12.1 Å². The van der Waals surface area contributed by atoms with Crippen molar-refractivity contribution >= 4 is 22.9 Å². The Balaban J connectivity index is 1.71. The molecule has 3 aromatic rings. The van der Waals surface area contributed by atoms with Crippen LogP contribution < -0.4 is 5.32 Å². The molecule has 1 amide bonds. The first-order chi connectivity index (χ1) is 10.3. The fraction of sp³-hybridized carbons (Fsp3) is 0.0588. The number of nitrogens with zero attached hydrogens (tertiary/aromatic N) is 1. The second-order valence-electron chi connectivity index (χ2n) is 5.00. The third-order valence-corrected chi connectivity index (χ3v) is 4.75. The topological polar surface area (TPSA) is 42.0 Å². The van der Waals surface area contributed by atoms with Crippen molar-refractivity contribution in [2.45, 2.75) is 6.42 Å². The highest BCUT2D eigenvalue weighted by Gasteiger charge is 2.18. The van der Waals surface area contributed by atoms with Crippen LogP contribution in [0.5, 0.6) is 0 Å². The predicted octanol–water partition coefficient (Wildman–Crippen LogP) is 3.97. The molecule has 0 saturated carbocycles. The van der Waals surface area contributed by atoms with Gasteiger partial charge in [-0.2, -0.15) is 0 Å². The average molecular weight is 292 g/mol. The van der Waals surface area contributed by atoms with Gasteiger partial charge in [0.05, 0.1) is 6.42 Å². The van der Waals surface area contributed by atoms with Gasteiger partial charge in [0.1, 0.15) is 0 Å². The third-order valence-electron chi connectivity index (χ3n) is 3.57. The number of hydrogen-bond donors (Lipinski definition) is 1. The smallest absolute Gasteiger partial charge is 0.228 e. The van der Waals surface area contributed by atoms with Crippen molar-refractivity contribution in [2.24, 2.45) is 0 Å². The maximum absolute atomic E-state index is 11.4. The number of amides is 1. The largest absolute Gasteiger partial charge is 0.326 e. The molecule has 0 saturated heterocycles. The molecule has 0 radical (unpaired) electrons. The molecule has 0 spiro atoms. The molecule has 4 heteroatoms. The Bertz CT molecular complexity index is 824. The van der Waals surface area contributed by atoms with Crippen molar-refractivity contribution in [3.63, 3.8) is 0 Å². The summed E-state index contributed by atoms with van der Waals surface area (Å²) < 4.78 is 0. The zero-order chi connectivity index (χ0) is 14.2. The minimum Gasteiger partial charge on any atom is -0.326 e. The van der Waals surface area contributed by atoms with Gasteiger partial charge in [-0.05, 0) is 41.5 Å². The van der Waals surface area contributed by atoms with Crippen LogP contribution in [0.25, 0.3) is 20.9 Å². The van der Waals surface area contributed by atoms with Crippen LogP contribution in [-0.4, -0.2) is 10.9 Å². The van der Waals surface area contributed by atoms with E-state index in [0.29, 0.717) is 6.42 Å². The summed E-state index contributed by atoms with van der Waals surface area (Å²) in [7, 11) is 0. The van der Waals surface area contributed by atoms with E-state index in [0.717, 1.165) is 22.4 Å². The molecule has 1 aliphatic rings. The van der Waals surface area contributed by atoms with Crippen molar-refractivity contribution in [3.8, 4) is 20.9 Å². The van der Waals surface area contributed by atoms with Crippen molar-refractivity contribution in [1.82, 2.24) is 4.98 Å². The summed E-state index contributed by atoms with van der Waals surface area (Å²) in [4.78, 5) is 18.0. The Labute approximate surface area is 126 Å². The predicted molar refractivity (Wildman–Crippen MR) is 85.3 cm³/mol. The third kappa shape index (κ3) is 2.23. The lowest BCUT2D eigenvalue weighted by Crippen LogP contribution is -2.03. The number of carbonyl (C=O) groups is 1. The van der Waals surface area contributed by atoms with Gasteiger partial charge < -0.3 is 5.32 Å². The molecule has 0 unspecified atom stereocenters. The molecule has 2 aromatic heterocycles. The van der Waals surface area contributed by atoms with E-state index in [-0.39, 0.29) is 5.91 Å². The van der Waals surface area contributed by atoms with Gasteiger partial charge in [0, 0.05) is 33.4 Å². The molecular weight excluding hydrogens is 280 g/mol. The van der Waals surface area contributed by atoms with Crippen molar-refractivity contribution < 1.29 is 4.79 Å². The summed E-state index contributed by atoms with van der Waals surface area (Å²) in [5, 5.41) is 2.86. The Hall–Kier alpha value is -2.46. The van der Waals surface area contributed by atoms with E-state index in [1.54, 1.807) is 17.5 Å². The van der Waals surface area contributed by atoms with Crippen molar-refractivity contribution in [3.05, 3.63) is 60.4 Å². The van der Waals surface area contributed by atoms with Crippen molar-refractivity contribution in [1.29, 1.82) is 0 Å². The van der Waals surface area contributed by atoms with Gasteiger partial charge in [0.2, 0.25) is 5.91 Å². The number of carbonyl (C=O) groups excluding carboxylic acids is 1. The van der Waals surface area contributed by atoms with Crippen LogP contribution in [0.15, 0.2) is 54.9 Å². The molecule has 3 nitrogen and oxygen atoms in total. The minimum absolute atomic E-state index is 0.0735. The molecule has 0 atom stereocenters. The second-order valence-corrected chi connectivity index (χ2v) is 6.09. The molecule has 1 aliphatic heterocycles. The highest BCUT2D eigenvalue weighted by molar-refractivity contribution is 7.18. The SMILES string of the molecule is O=C1Cc2cc(-c3ccc(-c4cccnc4)s3)ccc2N1. The van der Waals surface area contributed by atoms with Gasteiger partial charge in [0.15, 0.2) is 0 Å². The normalized spacial score (nSPS) is 13.0. The lowest BCUT2D eigenvalue weighted by Gasteiger charge is -2.02. The molecule has 0 fully saturated rings. The average Bonchev–Trinajstić information content (AvgIpc) is 3.12. The Morgan fingerprint density at radius 1 is 1.05 bits per heavy atom. The number of hydrogen-bond acceptors (Lipinski definition) is 3. The van der Waals surface area contributed by atoms with Gasteiger partial charge in [-0.15, -0.1) is 11.3 Å². The van der Waals surface area contributed by atoms with E-state index >= 15 is 0 Å². The molecule has 3 heterocycles. The summed E-state index contributed by atoms with van der Waals surface area (Å²) in [6.45, 7) is 0. The minimum atomic E-state index is 0.0735. The van der Waals surface area contributed by atoms with Crippen molar-refractivity contribution in [2.75, 3.05) is 5.32 Å². The van der Waals surface area contributed by atoms with E-state index in [2.05, 4.69) is 40.6 Å². The second kappa shape index (κ2) is 4.82. The Morgan fingerprint density at radius 3 is 2.71 bits per heavy atom. The maximum Gasteiger partial charge on any atom is 0.228 e. The molecular formula is C17H12N2OS. The highest BCUT2D eigenvalue weighted by Crippen LogP contribution is 2.36. The van der Waals surface area contributed by atoms with Gasteiger partial charge in [-0.25, -0.2) is 0 Å². The number of pyridine rings is 1. The summed E-state index contributed by atoms with van der Waals surface area (Å²) in [6, 6.07) is 14.4. The molecule has 1 N–H and O–H groups in total. The number of fused-ring (bicyclic) bond motifs is 1. The fourth-order valence-electron chi connectivity index (χ4n) is 2.54. The van der Waals surface area contributed by atoms with Crippen LogP contribution in [0, 0.1) is 0 Å².